The van der Waals surface area contributed by atoms with Crippen LogP contribution in [0, 0.1) is 11.6 Å². The van der Waals surface area contributed by atoms with Gasteiger partial charge in [-0.15, -0.1) is 0 Å². The molecule has 1 saturated carbocycles. The summed E-state index contributed by atoms with van der Waals surface area (Å²) in [6.07, 6.45) is 2.30. The number of aromatic amines is 1. The second-order valence-electron chi connectivity index (χ2n) is 6.92. The highest BCUT2D eigenvalue weighted by Gasteiger charge is 2.26. The molecule has 27 heavy (non-hydrogen) atoms. The molecule has 7 heteroatoms. The molecule has 0 aliphatic heterocycles. The summed E-state index contributed by atoms with van der Waals surface area (Å²) in [6, 6.07) is 11.0. The average molecular weight is 369 g/mol. The zero-order valence-electron chi connectivity index (χ0n) is 14.9. The van der Waals surface area contributed by atoms with Crippen molar-refractivity contribution in [3.8, 4) is 0 Å². The minimum atomic E-state index is -0.486. The van der Waals surface area contributed by atoms with Gasteiger partial charge in [-0.1, -0.05) is 12.1 Å². The van der Waals surface area contributed by atoms with E-state index < -0.39 is 5.82 Å². The molecule has 1 unspecified atom stereocenters. The molecule has 1 heterocycles. The Labute approximate surface area is 156 Å². The second-order valence-corrected chi connectivity index (χ2v) is 6.92. The lowest BCUT2D eigenvalue weighted by Gasteiger charge is -2.18. The van der Waals surface area contributed by atoms with Crippen molar-refractivity contribution in [1.29, 1.82) is 0 Å². The van der Waals surface area contributed by atoms with E-state index in [0.717, 1.165) is 24.1 Å². The molecule has 1 fully saturated rings. The van der Waals surface area contributed by atoms with E-state index in [1.54, 1.807) is 24.3 Å². The maximum atomic E-state index is 15.0. The predicted octanol–water partition coefficient (Wildman–Crippen LogP) is 5.06. The fourth-order valence-electron chi connectivity index (χ4n) is 3.03. The van der Waals surface area contributed by atoms with Crippen LogP contribution in [0.2, 0.25) is 0 Å². The summed E-state index contributed by atoms with van der Waals surface area (Å²) in [5.74, 6) is 0.270. The number of anilines is 4. The first-order chi connectivity index (χ1) is 13.0. The Morgan fingerprint density at radius 1 is 1.15 bits per heavy atom. The molecule has 0 bridgehead atoms. The zero-order chi connectivity index (χ0) is 19.0. The minimum Gasteiger partial charge on any atom is -0.397 e. The zero-order valence-corrected chi connectivity index (χ0v) is 14.9. The van der Waals surface area contributed by atoms with Gasteiger partial charge in [-0.2, -0.15) is 5.10 Å². The Morgan fingerprint density at radius 2 is 1.89 bits per heavy atom. The molecule has 0 radical (unpaired) electrons. The molecular weight excluding hydrogens is 348 g/mol. The van der Waals surface area contributed by atoms with Crippen LogP contribution in [0.4, 0.5) is 31.7 Å². The van der Waals surface area contributed by atoms with Crippen molar-refractivity contribution in [3.05, 3.63) is 65.4 Å². The van der Waals surface area contributed by atoms with Gasteiger partial charge in [0.15, 0.2) is 11.6 Å². The standard InChI is InChI=1S/C20H21F2N5/c1-11(12-4-6-14(21)7-5-12)24-16-9-8-15(23)20(19(16)22)25-18-10-17(26-27-18)13-2-3-13/h4-11,13,24H,2-3,23H2,1H3,(H2,25,26,27). The quantitative estimate of drug-likeness (QED) is 0.458. The summed E-state index contributed by atoms with van der Waals surface area (Å²) in [5.41, 5.74) is 8.65. The lowest BCUT2D eigenvalue weighted by Crippen LogP contribution is -2.10. The van der Waals surface area contributed by atoms with E-state index in [1.165, 1.54) is 12.1 Å². The number of hydrogen-bond donors (Lipinski definition) is 4. The highest BCUT2D eigenvalue weighted by atomic mass is 19.1. The molecule has 1 aromatic heterocycles. The van der Waals surface area contributed by atoms with Crippen LogP contribution < -0.4 is 16.4 Å². The van der Waals surface area contributed by atoms with Crippen LogP contribution in [0.15, 0.2) is 42.5 Å². The Hall–Kier alpha value is -3.09. The number of nitrogen functional groups attached to an aromatic ring is 1. The molecule has 5 N–H and O–H groups in total. The van der Waals surface area contributed by atoms with E-state index in [4.69, 9.17) is 5.73 Å². The number of halogens is 2. The minimum absolute atomic E-state index is 0.181. The second kappa shape index (κ2) is 6.90. The first-order valence-electron chi connectivity index (χ1n) is 8.93. The number of hydrogen-bond acceptors (Lipinski definition) is 4. The number of nitrogens with zero attached hydrogens (tertiary/aromatic N) is 1. The molecule has 1 aliphatic rings. The van der Waals surface area contributed by atoms with Crippen molar-refractivity contribution < 1.29 is 8.78 Å². The molecule has 1 atom stereocenters. The van der Waals surface area contributed by atoms with Gasteiger partial charge in [0.05, 0.1) is 11.4 Å². The van der Waals surface area contributed by atoms with E-state index in [9.17, 15) is 4.39 Å². The van der Waals surface area contributed by atoms with Crippen LogP contribution in [0.25, 0.3) is 0 Å². The molecule has 4 rings (SSSR count). The predicted molar refractivity (Wildman–Crippen MR) is 103 cm³/mol. The lowest BCUT2D eigenvalue weighted by atomic mass is 10.1. The highest BCUT2D eigenvalue weighted by molar-refractivity contribution is 5.76. The molecular formula is C20H21F2N5. The van der Waals surface area contributed by atoms with Gasteiger partial charge in [0.2, 0.25) is 0 Å². The van der Waals surface area contributed by atoms with Gasteiger partial charge >= 0.3 is 0 Å². The largest absolute Gasteiger partial charge is 0.397 e. The average Bonchev–Trinajstić information content (AvgIpc) is 3.40. The van der Waals surface area contributed by atoms with Gasteiger partial charge in [0.1, 0.15) is 11.5 Å². The fraction of sp³-hybridized carbons (Fsp3) is 0.250. The summed E-state index contributed by atoms with van der Waals surface area (Å²) < 4.78 is 28.1. The first-order valence-corrected chi connectivity index (χ1v) is 8.93. The van der Waals surface area contributed by atoms with Gasteiger partial charge in [-0.3, -0.25) is 5.10 Å². The monoisotopic (exact) mass is 369 g/mol. The van der Waals surface area contributed by atoms with Crippen molar-refractivity contribution in [2.75, 3.05) is 16.4 Å². The number of nitrogens with two attached hydrogens (primary N) is 1. The normalized spacial score (nSPS) is 14.8. The van der Waals surface area contributed by atoms with E-state index in [0.29, 0.717) is 23.1 Å². The summed E-state index contributed by atoms with van der Waals surface area (Å²) >= 11 is 0. The summed E-state index contributed by atoms with van der Waals surface area (Å²) in [7, 11) is 0. The molecule has 0 spiro atoms. The van der Waals surface area contributed by atoms with Gasteiger partial charge in [-0.25, -0.2) is 8.78 Å². The van der Waals surface area contributed by atoms with Gasteiger partial charge in [-0.05, 0) is 49.6 Å². The maximum absolute atomic E-state index is 15.0. The third-order valence-corrected chi connectivity index (χ3v) is 4.78. The van der Waals surface area contributed by atoms with Crippen LogP contribution >= 0.6 is 0 Å². The van der Waals surface area contributed by atoms with Crippen LogP contribution in [-0.2, 0) is 0 Å². The summed E-state index contributed by atoms with van der Waals surface area (Å²) in [5, 5.41) is 13.2. The van der Waals surface area contributed by atoms with Gasteiger partial charge in [0, 0.05) is 23.7 Å². The van der Waals surface area contributed by atoms with E-state index in [-0.39, 0.29) is 17.5 Å². The molecule has 0 amide bonds. The smallest absolute Gasteiger partial charge is 0.171 e. The van der Waals surface area contributed by atoms with Crippen LogP contribution in [-0.4, -0.2) is 10.2 Å². The van der Waals surface area contributed by atoms with Crippen molar-refractivity contribution in [2.24, 2.45) is 0 Å². The van der Waals surface area contributed by atoms with E-state index >= 15 is 4.39 Å². The van der Waals surface area contributed by atoms with Crippen molar-refractivity contribution in [2.45, 2.75) is 31.7 Å². The number of rotatable bonds is 6. The number of nitrogens with one attached hydrogen (secondary N) is 3. The van der Waals surface area contributed by atoms with Crippen molar-refractivity contribution in [3.63, 3.8) is 0 Å². The molecule has 5 nitrogen and oxygen atoms in total. The number of H-pyrrole nitrogens is 1. The summed E-state index contributed by atoms with van der Waals surface area (Å²) in [6.45, 7) is 1.88. The molecule has 1 aliphatic carbocycles. The molecule has 140 valence electrons. The molecule has 0 saturated heterocycles. The van der Waals surface area contributed by atoms with Crippen molar-refractivity contribution >= 4 is 22.9 Å². The van der Waals surface area contributed by atoms with Crippen LogP contribution in [0.3, 0.4) is 0 Å². The Kier molecular flexibility index (Phi) is 4.43. The topological polar surface area (TPSA) is 78.8 Å². The Bertz CT molecular complexity index is 948. The third kappa shape index (κ3) is 3.72. The first kappa shape index (κ1) is 17.3. The number of benzene rings is 2. The lowest BCUT2D eigenvalue weighted by molar-refractivity contribution is 0.625. The van der Waals surface area contributed by atoms with E-state index in [2.05, 4.69) is 20.8 Å². The van der Waals surface area contributed by atoms with Gasteiger partial charge in [0.25, 0.3) is 0 Å². The Balaban J connectivity index is 1.55. The SMILES string of the molecule is CC(Nc1ccc(N)c(Nc2cc(C3CC3)[nH]n2)c1F)c1ccc(F)cc1. The fourth-order valence-corrected chi connectivity index (χ4v) is 3.03. The third-order valence-electron chi connectivity index (χ3n) is 4.78. The Morgan fingerprint density at radius 3 is 2.59 bits per heavy atom. The van der Waals surface area contributed by atoms with Crippen LogP contribution in [0.5, 0.6) is 0 Å². The summed E-state index contributed by atoms with van der Waals surface area (Å²) in [4.78, 5) is 0. The van der Waals surface area contributed by atoms with Crippen LogP contribution in [0.1, 0.15) is 43.0 Å². The number of aromatic nitrogens is 2. The highest BCUT2D eigenvalue weighted by Crippen LogP contribution is 2.40. The maximum Gasteiger partial charge on any atom is 0.171 e. The van der Waals surface area contributed by atoms with Gasteiger partial charge < -0.3 is 16.4 Å². The van der Waals surface area contributed by atoms with Crippen molar-refractivity contribution in [1.82, 2.24) is 10.2 Å². The molecule has 2 aromatic carbocycles. The molecule has 3 aromatic rings. The van der Waals surface area contributed by atoms with E-state index in [1.807, 2.05) is 13.0 Å².